The van der Waals surface area contributed by atoms with Gasteiger partial charge in [-0.05, 0) is 23.7 Å². The molecule has 0 fully saturated rings. The van der Waals surface area contributed by atoms with Gasteiger partial charge in [0.2, 0.25) is 0 Å². The van der Waals surface area contributed by atoms with Crippen LogP contribution in [0.15, 0.2) is 18.2 Å². The third kappa shape index (κ3) is 1.64. The lowest BCUT2D eigenvalue weighted by molar-refractivity contribution is 0.108. The fourth-order valence-electron chi connectivity index (χ4n) is 0.702. The average Bonchev–Trinajstić information content (AvgIpc) is 1.94. The molecule has 11 heavy (non-hydrogen) atoms. The van der Waals surface area contributed by atoms with Crippen LogP contribution in [0.4, 0.5) is 5.69 Å². The molecule has 0 aliphatic rings. The Hall–Kier alpha value is -0.730. The Labute approximate surface area is 73.9 Å². The van der Waals surface area contributed by atoms with Crippen molar-refractivity contribution in [1.82, 2.24) is 0 Å². The molecule has 0 aliphatic heterocycles. The summed E-state index contributed by atoms with van der Waals surface area (Å²) in [6.07, 6.45) is 0. The molecular formula is C7H5Cl2NO. The van der Waals surface area contributed by atoms with Crippen molar-refractivity contribution in [2.45, 2.75) is 0 Å². The van der Waals surface area contributed by atoms with Crippen molar-refractivity contribution in [1.29, 1.82) is 0 Å². The highest BCUT2D eigenvalue weighted by molar-refractivity contribution is 6.68. The molecule has 1 aromatic carbocycles. The van der Waals surface area contributed by atoms with Gasteiger partial charge >= 0.3 is 0 Å². The Morgan fingerprint density at radius 2 is 2.09 bits per heavy atom. The molecule has 0 saturated heterocycles. The first-order chi connectivity index (χ1) is 5.13. The van der Waals surface area contributed by atoms with Crippen LogP contribution < -0.4 is 5.73 Å². The van der Waals surface area contributed by atoms with E-state index in [0.29, 0.717) is 5.69 Å². The molecule has 0 spiro atoms. The van der Waals surface area contributed by atoms with E-state index in [1.165, 1.54) is 6.07 Å². The number of benzene rings is 1. The van der Waals surface area contributed by atoms with Crippen molar-refractivity contribution >= 4 is 34.1 Å². The van der Waals surface area contributed by atoms with Gasteiger partial charge in [0.15, 0.2) is 0 Å². The highest BCUT2D eigenvalue weighted by atomic mass is 35.5. The van der Waals surface area contributed by atoms with Gasteiger partial charge in [-0.3, -0.25) is 4.79 Å². The molecule has 58 valence electrons. The maximum atomic E-state index is 10.6. The van der Waals surface area contributed by atoms with E-state index in [1.807, 2.05) is 0 Å². The van der Waals surface area contributed by atoms with Crippen molar-refractivity contribution in [3.63, 3.8) is 0 Å². The average molecular weight is 190 g/mol. The fraction of sp³-hybridized carbons (Fsp3) is 0. The van der Waals surface area contributed by atoms with Crippen molar-refractivity contribution in [3.8, 4) is 0 Å². The number of carbonyl (C=O) groups excluding carboxylic acids is 1. The lowest BCUT2D eigenvalue weighted by Crippen LogP contribution is -1.94. The van der Waals surface area contributed by atoms with Crippen LogP contribution in [-0.2, 0) is 0 Å². The van der Waals surface area contributed by atoms with Crippen molar-refractivity contribution in [2.24, 2.45) is 0 Å². The zero-order valence-corrected chi connectivity index (χ0v) is 6.99. The molecule has 0 amide bonds. The van der Waals surface area contributed by atoms with E-state index in [1.54, 1.807) is 12.1 Å². The van der Waals surface area contributed by atoms with Gasteiger partial charge in [0.1, 0.15) is 0 Å². The number of hydrogen-bond donors (Lipinski definition) is 1. The Balaban J connectivity index is 3.27. The van der Waals surface area contributed by atoms with Gasteiger partial charge in [-0.15, -0.1) is 0 Å². The number of rotatable bonds is 1. The first-order valence-electron chi connectivity index (χ1n) is 2.86. The minimum absolute atomic E-state index is 0.215. The van der Waals surface area contributed by atoms with E-state index in [-0.39, 0.29) is 10.6 Å². The standard InChI is InChI=1S/C7H5Cl2NO/c8-6-4(7(9)11)2-1-3-5(6)10/h1-3H,10H2. The second-order valence-electron chi connectivity index (χ2n) is 1.98. The maximum absolute atomic E-state index is 10.6. The van der Waals surface area contributed by atoms with Crippen LogP contribution in [0, 0.1) is 0 Å². The lowest BCUT2D eigenvalue weighted by Gasteiger charge is -1.99. The van der Waals surface area contributed by atoms with Crippen LogP contribution in [0.3, 0.4) is 0 Å². The zero-order valence-electron chi connectivity index (χ0n) is 5.47. The molecule has 0 unspecified atom stereocenters. The van der Waals surface area contributed by atoms with Gasteiger partial charge in [-0.25, -0.2) is 0 Å². The fourth-order valence-corrected chi connectivity index (χ4v) is 1.12. The summed E-state index contributed by atoms with van der Waals surface area (Å²) in [7, 11) is 0. The van der Waals surface area contributed by atoms with Gasteiger partial charge in [0, 0.05) is 0 Å². The quantitative estimate of drug-likeness (QED) is 0.545. The predicted octanol–water partition coefficient (Wildman–Crippen LogP) is 2.30. The molecule has 1 rings (SSSR count). The van der Waals surface area contributed by atoms with E-state index in [4.69, 9.17) is 28.9 Å². The summed E-state index contributed by atoms with van der Waals surface area (Å²) in [5.74, 6) is 0. The second kappa shape index (κ2) is 3.11. The molecule has 2 nitrogen and oxygen atoms in total. The summed E-state index contributed by atoms with van der Waals surface area (Å²) in [4.78, 5) is 10.6. The molecule has 4 heteroatoms. The van der Waals surface area contributed by atoms with Crippen LogP contribution in [0.1, 0.15) is 10.4 Å². The van der Waals surface area contributed by atoms with Crippen LogP contribution in [-0.4, -0.2) is 5.24 Å². The second-order valence-corrected chi connectivity index (χ2v) is 2.70. The van der Waals surface area contributed by atoms with Gasteiger partial charge in [0.05, 0.1) is 16.3 Å². The largest absolute Gasteiger partial charge is 0.398 e. The third-order valence-corrected chi connectivity index (χ3v) is 1.87. The van der Waals surface area contributed by atoms with E-state index in [9.17, 15) is 4.79 Å². The molecular weight excluding hydrogens is 185 g/mol. The number of carbonyl (C=O) groups is 1. The van der Waals surface area contributed by atoms with Crippen molar-refractivity contribution < 1.29 is 4.79 Å². The van der Waals surface area contributed by atoms with E-state index in [0.717, 1.165) is 0 Å². The van der Waals surface area contributed by atoms with E-state index < -0.39 is 5.24 Å². The summed E-state index contributed by atoms with van der Waals surface area (Å²) >= 11 is 10.9. The SMILES string of the molecule is Nc1cccc(C(=O)Cl)c1Cl. The monoisotopic (exact) mass is 189 g/mol. The first kappa shape index (κ1) is 8.37. The molecule has 0 radical (unpaired) electrons. The summed E-state index contributed by atoms with van der Waals surface area (Å²) in [5.41, 5.74) is 6.02. The Bertz CT molecular complexity index is 298. The molecule has 2 N–H and O–H groups in total. The first-order valence-corrected chi connectivity index (χ1v) is 3.62. The number of hydrogen-bond acceptors (Lipinski definition) is 2. The van der Waals surface area contributed by atoms with Crippen LogP contribution in [0.25, 0.3) is 0 Å². The highest BCUT2D eigenvalue weighted by Crippen LogP contribution is 2.23. The number of halogens is 2. The normalized spacial score (nSPS) is 9.64. The molecule has 1 aromatic rings. The molecule has 0 bridgehead atoms. The Morgan fingerprint density at radius 1 is 1.45 bits per heavy atom. The van der Waals surface area contributed by atoms with Gasteiger partial charge < -0.3 is 5.73 Å². The number of nitrogen functional groups attached to an aromatic ring is 1. The van der Waals surface area contributed by atoms with Gasteiger partial charge in [-0.1, -0.05) is 17.7 Å². The van der Waals surface area contributed by atoms with E-state index >= 15 is 0 Å². The molecule has 0 atom stereocenters. The van der Waals surface area contributed by atoms with Crippen molar-refractivity contribution in [2.75, 3.05) is 5.73 Å². The molecule has 0 aliphatic carbocycles. The summed E-state index contributed by atoms with van der Waals surface area (Å²) in [6.45, 7) is 0. The van der Waals surface area contributed by atoms with Crippen LogP contribution in [0.2, 0.25) is 5.02 Å². The Kier molecular flexibility index (Phi) is 2.37. The highest BCUT2D eigenvalue weighted by Gasteiger charge is 2.08. The summed E-state index contributed by atoms with van der Waals surface area (Å²) < 4.78 is 0. The minimum atomic E-state index is -0.595. The maximum Gasteiger partial charge on any atom is 0.253 e. The Morgan fingerprint density at radius 3 is 2.55 bits per heavy atom. The number of nitrogens with two attached hydrogens (primary N) is 1. The molecule has 0 saturated carbocycles. The zero-order chi connectivity index (χ0) is 8.43. The molecule has 0 heterocycles. The summed E-state index contributed by atoms with van der Waals surface area (Å²) in [6, 6.07) is 4.75. The summed E-state index contributed by atoms with van der Waals surface area (Å²) in [5, 5.41) is -0.380. The van der Waals surface area contributed by atoms with Crippen molar-refractivity contribution in [3.05, 3.63) is 28.8 Å². The van der Waals surface area contributed by atoms with Gasteiger partial charge in [-0.2, -0.15) is 0 Å². The van der Waals surface area contributed by atoms with Crippen LogP contribution in [0.5, 0.6) is 0 Å². The smallest absolute Gasteiger partial charge is 0.253 e. The van der Waals surface area contributed by atoms with Gasteiger partial charge in [0.25, 0.3) is 5.24 Å². The predicted molar refractivity (Wildman–Crippen MR) is 46.0 cm³/mol. The molecule has 0 aromatic heterocycles. The topological polar surface area (TPSA) is 43.1 Å². The minimum Gasteiger partial charge on any atom is -0.398 e. The van der Waals surface area contributed by atoms with E-state index in [2.05, 4.69) is 0 Å². The lowest BCUT2D eigenvalue weighted by atomic mass is 10.2. The van der Waals surface area contributed by atoms with Crippen LogP contribution >= 0.6 is 23.2 Å². The number of anilines is 1. The third-order valence-electron chi connectivity index (χ3n) is 1.24.